The fourth-order valence-electron chi connectivity index (χ4n) is 3.89. The highest BCUT2D eigenvalue weighted by atomic mass is 32.2. The van der Waals surface area contributed by atoms with Crippen molar-refractivity contribution in [2.75, 3.05) is 13.1 Å². The van der Waals surface area contributed by atoms with E-state index in [-0.39, 0.29) is 10.5 Å². The predicted octanol–water partition coefficient (Wildman–Crippen LogP) is 1.62. The molecule has 1 saturated heterocycles. The number of hydrogen-bond donors (Lipinski definition) is 2. The zero-order valence-electron chi connectivity index (χ0n) is 16.6. The lowest BCUT2D eigenvalue weighted by molar-refractivity contribution is -0.134. The largest absolute Gasteiger partial charge is 0.344 e. The molecule has 2 fully saturated rings. The summed E-state index contributed by atoms with van der Waals surface area (Å²) in [4.78, 5) is 37.7. The maximum Gasteiger partial charge on any atom is 0.344 e. The number of hydrogen-bond acceptors (Lipinski definition) is 5. The van der Waals surface area contributed by atoms with E-state index in [1.54, 1.807) is 13.8 Å². The van der Waals surface area contributed by atoms with E-state index in [0.717, 1.165) is 19.3 Å². The van der Waals surface area contributed by atoms with Crippen LogP contribution in [0.3, 0.4) is 0 Å². The van der Waals surface area contributed by atoms with Crippen molar-refractivity contribution in [3.8, 4) is 0 Å². The molecule has 0 aromatic heterocycles. The van der Waals surface area contributed by atoms with Crippen LogP contribution in [-0.4, -0.2) is 54.2 Å². The third kappa shape index (κ3) is 3.86. The molecule has 9 nitrogen and oxygen atoms in total. The van der Waals surface area contributed by atoms with Crippen molar-refractivity contribution in [1.29, 1.82) is 0 Å². The summed E-state index contributed by atoms with van der Waals surface area (Å²) in [7, 11) is -3.73. The van der Waals surface area contributed by atoms with Gasteiger partial charge in [-0.3, -0.25) is 15.0 Å². The number of benzene rings is 1. The van der Waals surface area contributed by atoms with Gasteiger partial charge in [-0.2, -0.15) is 9.31 Å². The summed E-state index contributed by atoms with van der Waals surface area (Å²) in [6.07, 6.45) is 3.76. The van der Waals surface area contributed by atoms with Gasteiger partial charge in [0.05, 0.1) is 4.90 Å². The monoisotopic (exact) mass is 422 g/mol. The van der Waals surface area contributed by atoms with Gasteiger partial charge in [0, 0.05) is 18.7 Å². The first kappa shape index (κ1) is 21.3. The lowest BCUT2D eigenvalue weighted by Crippen LogP contribution is -2.50. The number of nitrogens with one attached hydrogen (secondary N) is 2. The number of imide groups is 1. The number of nitrogens with zero attached hydrogens (tertiary/aromatic N) is 2. The Morgan fingerprint density at radius 1 is 1.17 bits per heavy atom. The van der Waals surface area contributed by atoms with Crippen molar-refractivity contribution in [2.45, 2.75) is 56.4 Å². The predicted molar refractivity (Wildman–Crippen MR) is 105 cm³/mol. The van der Waals surface area contributed by atoms with Crippen LogP contribution in [0.15, 0.2) is 29.2 Å². The lowest BCUT2D eigenvalue weighted by atomic mass is 9.82. The molecular weight excluding hydrogens is 396 g/mol. The number of rotatable bonds is 6. The van der Waals surface area contributed by atoms with Gasteiger partial charge < -0.3 is 5.32 Å². The molecule has 4 amide bonds. The Balaban J connectivity index is 1.80. The summed E-state index contributed by atoms with van der Waals surface area (Å²) in [5.74, 6) is -1.19. The van der Waals surface area contributed by atoms with Crippen molar-refractivity contribution >= 4 is 27.9 Å². The van der Waals surface area contributed by atoms with Gasteiger partial charge >= 0.3 is 6.03 Å². The first-order valence-electron chi connectivity index (χ1n) is 9.83. The van der Waals surface area contributed by atoms with Crippen LogP contribution in [0, 0.1) is 0 Å². The van der Waals surface area contributed by atoms with Crippen LogP contribution in [0.2, 0.25) is 0 Å². The quantitative estimate of drug-likeness (QED) is 0.676. The number of urea groups is 1. The van der Waals surface area contributed by atoms with Gasteiger partial charge in [-0.15, -0.1) is 0 Å². The van der Waals surface area contributed by atoms with Gasteiger partial charge in [-0.05, 0) is 31.0 Å². The van der Waals surface area contributed by atoms with E-state index in [2.05, 4.69) is 10.7 Å². The molecule has 1 aromatic rings. The second-order valence-electron chi connectivity index (χ2n) is 7.27. The van der Waals surface area contributed by atoms with Crippen LogP contribution in [0.4, 0.5) is 4.79 Å². The molecule has 1 aromatic carbocycles. The van der Waals surface area contributed by atoms with Crippen molar-refractivity contribution in [3.63, 3.8) is 0 Å². The number of amides is 4. The molecule has 3 rings (SSSR count). The molecule has 158 valence electrons. The summed E-state index contributed by atoms with van der Waals surface area (Å²) >= 11 is 0. The number of hydrazine groups is 1. The van der Waals surface area contributed by atoms with Crippen molar-refractivity contribution < 1.29 is 22.8 Å². The van der Waals surface area contributed by atoms with E-state index < -0.39 is 33.4 Å². The maximum absolute atomic E-state index is 12.8. The van der Waals surface area contributed by atoms with Crippen molar-refractivity contribution in [1.82, 2.24) is 20.1 Å². The third-order valence-electron chi connectivity index (χ3n) is 5.52. The van der Waals surface area contributed by atoms with E-state index in [1.807, 2.05) is 0 Å². The molecule has 10 heteroatoms. The SMILES string of the molecule is CCN(CC)S(=O)(=O)c1cccc(C(=O)NN2C(=O)NC3(CCCCC3)C2=O)c1. The molecule has 0 bridgehead atoms. The smallest absolute Gasteiger partial charge is 0.322 e. The van der Waals surface area contributed by atoms with E-state index in [9.17, 15) is 22.8 Å². The summed E-state index contributed by atoms with van der Waals surface area (Å²) in [6, 6.07) is 4.88. The molecule has 29 heavy (non-hydrogen) atoms. The molecule has 1 saturated carbocycles. The lowest BCUT2D eigenvalue weighted by Gasteiger charge is -2.30. The molecule has 2 N–H and O–H groups in total. The zero-order chi connectivity index (χ0) is 21.2. The first-order valence-corrected chi connectivity index (χ1v) is 11.3. The summed E-state index contributed by atoms with van der Waals surface area (Å²) in [6.45, 7) is 4.08. The van der Waals surface area contributed by atoms with Gasteiger partial charge in [0.25, 0.3) is 11.8 Å². The van der Waals surface area contributed by atoms with Crippen LogP contribution in [0.25, 0.3) is 0 Å². The highest BCUT2D eigenvalue weighted by Gasteiger charge is 2.52. The number of sulfonamides is 1. The van der Waals surface area contributed by atoms with Crippen LogP contribution >= 0.6 is 0 Å². The van der Waals surface area contributed by atoms with Gasteiger partial charge in [-0.25, -0.2) is 13.2 Å². The van der Waals surface area contributed by atoms with Crippen molar-refractivity contribution in [3.05, 3.63) is 29.8 Å². The molecule has 1 aliphatic heterocycles. The minimum Gasteiger partial charge on any atom is -0.322 e. The van der Waals surface area contributed by atoms with Crippen molar-refractivity contribution in [2.24, 2.45) is 0 Å². The minimum absolute atomic E-state index is 0.0187. The second-order valence-corrected chi connectivity index (χ2v) is 9.21. The fourth-order valence-corrected chi connectivity index (χ4v) is 5.40. The molecule has 1 spiro atoms. The summed E-state index contributed by atoms with van der Waals surface area (Å²) in [5.41, 5.74) is 1.42. The Bertz CT molecular complexity index is 920. The molecule has 2 aliphatic rings. The average molecular weight is 423 g/mol. The normalized spacial score (nSPS) is 18.9. The number of carbonyl (C=O) groups excluding carboxylic acids is 3. The fraction of sp³-hybridized carbons (Fsp3) is 0.526. The maximum atomic E-state index is 12.8. The first-order chi connectivity index (χ1) is 13.7. The van der Waals surface area contributed by atoms with Crippen LogP contribution < -0.4 is 10.7 Å². The molecule has 1 aliphatic carbocycles. The highest BCUT2D eigenvalue weighted by Crippen LogP contribution is 2.33. The standard InChI is InChI=1S/C19H26N4O5S/c1-3-22(4-2)29(27,28)15-10-8-9-14(13-15)16(24)21-23-17(25)19(20-18(23)26)11-6-5-7-12-19/h8-10,13H,3-7,11-12H2,1-2H3,(H,20,26)(H,21,24). The Labute approximate surface area is 170 Å². The Morgan fingerprint density at radius 3 is 2.45 bits per heavy atom. The summed E-state index contributed by atoms with van der Waals surface area (Å²) in [5, 5.41) is 3.42. The Morgan fingerprint density at radius 2 is 1.83 bits per heavy atom. The number of carbonyl (C=O) groups is 3. The molecular formula is C19H26N4O5S. The average Bonchev–Trinajstić information content (AvgIpc) is 2.93. The zero-order valence-corrected chi connectivity index (χ0v) is 17.4. The van der Waals surface area contributed by atoms with Crippen LogP contribution in [-0.2, 0) is 14.8 Å². The Kier molecular flexibility index (Phi) is 5.95. The molecule has 0 radical (unpaired) electrons. The topological polar surface area (TPSA) is 116 Å². The summed E-state index contributed by atoms with van der Waals surface area (Å²) < 4.78 is 26.7. The van der Waals surface area contributed by atoms with Gasteiger partial charge in [-0.1, -0.05) is 39.2 Å². The molecule has 0 unspecified atom stereocenters. The third-order valence-corrected chi connectivity index (χ3v) is 7.57. The Hall–Kier alpha value is -2.46. The van der Waals surface area contributed by atoms with E-state index in [1.165, 1.54) is 28.6 Å². The van der Waals surface area contributed by atoms with Gasteiger partial charge in [0.2, 0.25) is 10.0 Å². The second kappa shape index (κ2) is 8.11. The molecule has 0 atom stereocenters. The van der Waals surface area contributed by atoms with Gasteiger partial charge in [0.15, 0.2) is 0 Å². The van der Waals surface area contributed by atoms with E-state index in [4.69, 9.17) is 0 Å². The van der Waals surface area contributed by atoms with Crippen LogP contribution in [0.5, 0.6) is 0 Å². The van der Waals surface area contributed by atoms with Crippen LogP contribution in [0.1, 0.15) is 56.3 Å². The molecule has 1 heterocycles. The van der Waals surface area contributed by atoms with Gasteiger partial charge in [0.1, 0.15) is 5.54 Å². The van der Waals surface area contributed by atoms with E-state index >= 15 is 0 Å². The van der Waals surface area contributed by atoms with E-state index in [0.29, 0.717) is 30.9 Å². The minimum atomic E-state index is -3.73. The highest BCUT2D eigenvalue weighted by molar-refractivity contribution is 7.89.